The number of carbonyl (C=O) groups excluding carboxylic acids is 1. The van der Waals surface area contributed by atoms with Gasteiger partial charge in [-0.3, -0.25) is 4.79 Å². The van der Waals surface area contributed by atoms with Crippen LogP contribution in [0.5, 0.6) is 0 Å². The Morgan fingerprint density at radius 1 is 1.18 bits per heavy atom. The van der Waals surface area contributed by atoms with E-state index in [4.69, 9.17) is 46.4 Å². The molecule has 2 rings (SSSR count). The van der Waals surface area contributed by atoms with Crippen LogP contribution in [0.4, 0.5) is 0 Å². The minimum atomic E-state index is -1.95. The molecule has 7 heteroatoms. The molecule has 2 heterocycles. The highest BCUT2D eigenvalue weighted by atomic mass is 35.6. The van der Waals surface area contributed by atoms with Gasteiger partial charge in [-0.25, -0.2) is 0 Å². The first kappa shape index (κ1) is 14.2. The van der Waals surface area contributed by atoms with Gasteiger partial charge in [0.1, 0.15) is 0 Å². The zero-order chi connectivity index (χ0) is 12.8. The normalized spacial score (nSPS) is 39.1. The number of rotatable bonds is 1. The molecule has 2 saturated heterocycles. The maximum atomic E-state index is 12.0. The van der Waals surface area contributed by atoms with Crippen molar-refractivity contribution in [3.63, 3.8) is 0 Å². The standard InChI is InChI=1S/C10H12Cl4NO2/c11-5-3-6-1-2-7(8(4-5)15(6)17)9(16)10(12,13)14/h5-8H,1-4H2/t5-,6-,7-,8-/m0/s1. The number of ketones is 1. The average Bonchev–Trinajstić information content (AvgIpc) is 2.18. The number of alkyl halides is 4. The Hall–Kier alpha value is 0.750. The number of fused-ring (bicyclic) bond motifs is 2. The summed E-state index contributed by atoms with van der Waals surface area (Å²) in [5.74, 6) is -1.00. The monoisotopic (exact) mass is 318 g/mol. The Balaban J connectivity index is 2.17. The van der Waals surface area contributed by atoms with Crippen LogP contribution in [-0.4, -0.2) is 32.1 Å². The van der Waals surface area contributed by atoms with Crippen molar-refractivity contribution in [2.45, 2.75) is 46.9 Å². The molecule has 2 aliphatic rings. The van der Waals surface area contributed by atoms with Gasteiger partial charge >= 0.3 is 0 Å². The molecule has 17 heavy (non-hydrogen) atoms. The highest BCUT2D eigenvalue weighted by molar-refractivity contribution is 6.76. The Kier molecular flexibility index (Phi) is 4.19. The van der Waals surface area contributed by atoms with Crippen LogP contribution in [0, 0.1) is 5.92 Å². The molecule has 0 saturated carbocycles. The molecular formula is C10H12Cl4NO2. The molecule has 0 spiro atoms. The van der Waals surface area contributed by atoms with E-state index in [1.165, 1.54) is 0 Å². The van der Waals surface area contributed by atoms with Crippen molar-refractivity contribution in [3.05, 3.63) is 0 Å². The van der Waals surface area contributed by atoms with E-state index in [1.807, 2.05) is 0 Å². The molecule has 0 amide bonds. The molecule has 0 unspecified atom stereocenters. The summed E-state index contributed by atoms with van der Waals surface area (Å²) in [6, 6.07) is -0.524. The van der Waals surface area contributed by atoms with Gasteiger partial charge in [0.25, 0.3) is 0 Å². The molecule has 2 fully saturated rings. The van der Waals surface area contributed by atoms with Gasteiger partial charge in [0.05, 0.1) is 0 Å². The second-order valence-corrected chi connectivity index (χ2v) is 7.59. The summed E-state index contributed by atoms with van der Waals surface area (Å²) in [4.78, 5) is 12.0. The van der Waals surface area contributed by atoms with Crippen molar-refractivity contribution < 1.29 is 10.0 Å². The average molecular weight is 320 g/mol. The first-order chi connectivity index (χ1) is 7.80. The highest BCUT2D eigenvalue weighted by Crippen LogP contribution is 2.42. The SMILES string of the molecule is [O]N1[C@H]2CC[C@H](C(=O)C(Cl)(Cl)Cl)[C@@H]1C[C@@H](Cl)C2. The van der Waals surface area contributed by atoms with E-state index < -0.39 is 21.5 Å². The summed E-state index contributed by atoms with van der Waals surface area (Å²) in [5, 5.41) is 12.9. The number of hydrogen-bond donors (Lipinski definition) is 0. The summed E-state index contributed by atoms with van der Waals surface area (Å²) in [6.07, 6.45) is 2.40. The number of halogens is 4. The third kappa shape index (κ3) is 2.85. The van der Waals surface area contributed by atoms with Gasteiger partial charge in [-0.2, -0.15) is 0 Å². The number of carbonyl (C=O) groups is 1. The van der Waals surface area contributed by atoms with Crippen LogP contribution in [0.3, 0.4) is 0 Å². The van der Waals surface area contributed by atoms with Crippen molar-refractivity contribution in [1.82, 2.24) is 5.06 Å². The maximum Gasteiger partial charge on any atom is 0.249 e. The molecule has 4 atom stereocenters. The zero-order valence-electron chi connectivity index (χ0n) is 8.91. The fourth-order valence-electron chi connectivity index (χ4n) is 2.80. The van der Waals surface area contributed by atoms with Crippen molar-refractivity contribution in [2.75, 3.05) is 0 Å². The number of Topliss-reactive ketones (excluding diaryl/α,β-unsaturated/α-hetero) is 1. The maximum absolute atomic E-state index is 12.0. The van der Waals surface area contributed by atoms with E-state index >= 15 is 0 Å². The van der Waals surface area contributed by atoms with Crippen LogP contribution in [0.15, 0.2) is 0 Å². The number of piperidine rings is 2. The predicted octanol–water partition coefficient (Wildman–Crippen LogP) is 3.12. The molecule has 97 valence electrons. The number of hydrogen-bond acceptors (Lipinski definition) is 2. The predicted molar refractivity (Wildman–Crippen MR) is 67.0 cm³/mol. The van der Waals surface area contributed by atoms with E-state index in [1.54, 1.807) is 0 Å². The van der Waals surface area contributed by atoms with Crippen LogP contribution in [0.2, 0.25) is 0 Å². The summed E-state index contributed by atoms with van der Waals surface area (Å²) in [5.41, 5.74) is 0. The van der Waals surface area contributed by atoms with Gasteiger partial charge in [-0.1, -0.05) is 34.8 Å². The van der Waals surface area contributed by atoms with Crippen LogP contribution in [0.25, 0.3) is 0 Å². The summed E-state index contributed by atoms with van der Waals surface area (Å²) < 4.78 is -1.95. The van der Waals surface area contributed by atoms with Crippen LogP contribution >= 0.6 is 46.4 Å². The topological polar surface area (TPSA) is 40.2 Å². The molecule has 2 bridgehead atoms. The highest BCUT2D eigenvalue weighted by Gasteiger charge is 2.49. The molecule has 0 aromatic carbocycles. The van der Waals surface area contributed by atoms with E-state index in [0.29, 0.717) is 25.7 Å². The summed E-state index contributed by atoms with van der Waals surface area (Å²) >= 11 is 22.9. The van der Waals surface area contributed by atoms with E-state index in [-0.39, 0.29) is 11.4 Å². The quantitative estimate of drug-likeness (QED) is 0.697. The molecule has 0 aromatic heterocycles. The van der Waals surface area contributed by atoms with Crippen LogP contribution in [0.1, 0.15) is 25.7 Å². The Morgan fingerprint density at radius 3 is 2.41 bits per heavy atom. The smallest absolute Gasteiger partial charge is 0.249 e. The van der Waals surface area contributed by atoms with Crippen LogP contribution in [-0.2, 0) is 10.0 Å². The first-order valence-electron chi connectivity index (χ1n) is 5.51. The van der Waals surface area contributed by atoms with E-state index in [0.717, 1.165) is 5.06 Å². The second kappa shape index (κ2) is 5.03. The third-order valence-corrected chi connectivity index (χ3v) is 4.52. The van der Waals surface area contributed by atoms with Gasteiger partial charge in [-0.05, 0) is 25.7 Å². The fourth-order valence-corrected chi connectivity index (χ4v) is 3.61. The van der Waals surface area contributed by atoms with Gasteiger partial charge < -0.3 is 0 Å². The lowest BCUT2D eigenvalue weighted by atomic mass is 9.77. The molecule has 0 aliphatic carbocycles. The second-order valence-electron chi connectivity index (χ2n) is 4.70. The molecule has 2 aliphatic heterocycles. The third-order valence-electron chi connectivity index (χ3n) is 3.60. The lowest BCUT2D eigenvalue weighted by Gasteiger charge is -2.46. The number of nitrogens with zero attached hydrogens (tertiary/aromatic N) is 1. The van der Waals surface area contributed by atoms with E-state index in [2.05, 4.69) is 0 Å². The lowest BCUT2D eigenvalue weighted by molar-refractivity contribution is -0.253. The molecule has 1 radical (unpaired) electrons. The molecular weight excluding hydrogens is 308 g/mol. The molecule has 0 aromatic rings. The number of hydroxylamine groups is 2. The van der Waals surface area contributed by atoms with E-state index in [9.17, 15) is 10.0 Å². The summed E-state index contributed by atoms with van der Waals surface area (Å²) in [6.45, 7) is 0. The lowest BCUT2D eigenvalue weighted by Crippen LogP contribution is -2.56. The molecule has 3 nitrogen and oxygen atoms in total. The Morgan fingerprint density at radius 2 is 1.82 bits per heavy atom. The van der Waals surface area contributed by atoms with Gasteiger partial charge in [0.2, 0.25) is 3.79 Å². The summed E-state index contributed by atoms with van der Waals surface area (Å²) in [7, 11) is 0. The minimum absolute atomic E-state index is 0.0684. The first-order valence-corrected chi connectivity index (χ1v) is 7.08. The van der Waals surface area contributed by atoms with Gasteiger partial charge in [-0.15, -0.1) is 21.9 Å². The fraction of sp³-hybridized carbons (Fsp3) is 0.900. The molecule has 0 N–H and O–H groups in total. The minimum Gasteiger partial charge on any atom is -0.294 e. The van der Waals surface area contributed by atoms with Gasteiger partial charge in [0.15, 0.2) is 5.78 Å². The Labute approximate surface area is 120 Å². The van der Waals surface area contributed by atoms with Gasteiger partial charge in [0, 0.05) is 23.4 Å². The van der Waals surface area contributed by atoms with Crippen molar-refractivity contribution in [2.24, 2.45) is 5.92 Å². The van der Waals surface area contributed by atoms with Crippen molar-refractivity contribution in [3.8, 4) is 0 Å². The zero-order valence-corrected chi connectivity index (χ0v) is 11.9. The van der Waals surface area contributed by atoms with Crippen molar-refractivity contribution >= 4 is 52.2 Å². The largest absolute Gasteiger partial charge is 0.294 e. The van der Waals surface area contributed by atoms with Crippen molar-refractivity contribution in [1.29, 1.82) is 0 Å². The van der Waals surface area contributed by atoms with Crippen LogP contribution < -0.4 is 0 Å². The Bertz CT molecular complexity index is 320.